The van der Waals surface area contributed by atoms with Gasteiger partial charge < -0.3 is 10.2 Å². The molecule has 0 saturated heterocycles. The van der Waals surface area contributed by atoms with Crippen LogP contribution in [0.25, 0.3) is 0 Å². The van der Waals surface area contributed by atoms with E-state index in [2.05, 4.69) is 41.6 Å². The molecule has 0 unspecified atom stereocenters. The van der Waals surface area contributed by atoms with Crippen molar-refractivity contribution in [2.45, 2.75) is 33.1 Å². The van der Waals surface area contributed by atoms with E-state index in [9.17, 15) is 0 Å². The number of rotatable bonds is 10. The van der Waals surface area contributed by atoms with E-state index in [0.29, 0.717) is 0 Å². The molecule has 0 amide bonds. The van der Waals surface area contributed by atoms with Crippen LogP contribution in [0, 0.1) is 0 Å². The van der Waals surface area contributed by atoms with Gasteiger partial charge in [0.15, 0.2) is 0 Å². The summed E-state index contributed by atoms with van der Waals surface area (Å²) >= 11 is 1.87. The number of likely N-dealkylation sites (N-methyl/N-ethyl adjacent to an activating group) is 1. The molecule has 0 bridgehead atoms. The number of nitrogens with one attached hydrogen (secondary N) is 1. The van der Waals surface area contributed by atoms with Gasteiger partial charge in [0.25, 0.3) is 0 Å². The first kappa shape index (κ1) is 14.7. The molecule has 2 nitrogen and oxygen atoms in total. The third-order valence-electron chi connectivity index (χ3n) is 3.11. The van der Waals surface area contributed by atoms with Gasteiger partial charge in [0.2, 0.25) is 0 Å². The van der Waals surface area contributed by atoms with Crippen LogP contribution in [-0.4, -0.2) is 37.6 Å². The van der Waals surface area contributed by atoms with Crippen LogP contribution in [0.5, 0.6) is 0 Å². The van der Waals surface area contributed by atoms with Crippen molar-refractivity contribution in [3.05, 3.63) is 22.4 Å². The van der Waals surface area contributed by atoms with E-state index in [-0.39, 0.29) is 0 Å². The van der Waals surface area contributed by atoms with Crippen LogP contribution in [0.3, 0.4) is 0 Å². The monoisotopic (exact) mass is 254 g/mol. The summed E-state index contributed by atoms with van der Waals surface area (Å²) in [5, 5.41) is 5.69. The summed E-state index contributed by atoms with van der Waals surface area (Å²) in [6.07, 6.45) is 3.84. The lowest BCUT2D eigenvalue weighted by Gasteiger charge is -2.17. The SMILES string of the molecule is CCN(CC)CCNCCCCc1cccs1. The third-order valence-corrected chi connectivity index (χ3v) is 4.04. The standard InChI is InChI=1S/C14H26N2S/c1-3-16(4-2)12-11-15-10-6-5-8-14-9-7-13-17-14/h7,9,13,15H,3-6,8,10-12H2,1-2H3. The summed E-state index contributed by atoms with van der Waals surface area (Å²) in [5.41, 5.74) is 0. The Morgan fingerprint density at radius 1 is 1.18 bits per heavy atom. The molecule has 1 heterocycles. The first-order valence-corrected chi connectivity index (χ1v) is 7.70. The number of nitrogens with zero attached hydrogens (tertiary/aromatic N) is 1. The van der Waals surface area contributed by atoms with Gasteiger partial charge in [-0.05, 0) is 50.3 Å². The Morgan fingerprint density at radius 2 is 2.00 bits per heavy atom. The average molecular weight is 254 g/mol. The van der Waals surface area contributed by atoms with Crippen LogP contribution in [0.4, 0.5) is 0 Å². The van der Waals surface area contributed by atoms with E-state index in [4.69, 9.17) is 0 Å². The Balaban J connectivity index is 1.87. The van der Waals surface area contributed by atoms with Crippen molar-refractivity contribution in [3.8, 4) is 0 Å². The van der Waals surface area contributed by atoms with Crippen molar-refractivity contribution in [3.63, 3.8) is 0 Å². The Labute approximate surface area is 110 Å². The number of aryl methyl sites for hydroxylation is 1. The predicted molar refractivity (Wildman–Crippen MR) is 77.9 cm³/mol. The maximum absolute atomic E-state index is 3.53. The van der Waals surface area contributed by atoms with Gasteiger partial charge in [0, 0.05) is 18.0 Å². The molecule has 0 saturated carbocycles. The van der Waals surface area contributed by atoms with Crippen LogP contribution >= 0.6 is 11.3 Å². The molecule has 1 N–H and O–H groups in total. The highest BCUT2D eigenvalue weighted by Crippen LogP contribution is 2.11. The lowest BCUT2D eigenvalue weighted by Crippen LogP contribution is -2.32. The summed E-state index contributed by atoms with van der Waals surface area (Å²) in [6, 6.07) is 4.38. The largest absolute Gasteiger partial charge is 0.315 e. The summed E-state index contributed by atoms with van der Waals surface area (Å²) in [5.74, 6) is 0. The molecule has 0 aliphatic carbocycles. The minimum absolute atomic E-state index is 1.13. The average Bonchev–Trinajstić information content (AvgIpc) is 2.86. The van der Waals surface area contributed by atoms with Crippen LogP contribution in [0.1, 0.15) is 31.6 Å². The lowest BCUT2D eigenvalue weighted by atomic mass is 10.2. The number of thiophene rings is 1. The van der Waals surface area contributed by atoms with Crippen molar-refractivity contribution in [2.24, 2.45) is 0 Å². The van der Waals surface area contributed by atoms with E-state index >= 15 is 0 Å². The van der Waals surface area contributed by atoms with Gasteiger partial charge in [-0.15, -0.1) is 11.3 Å². The fourth-order valence-corrected chi connectivity index (χ4v) is 2.66. The Morgan fingerprint density at radius 3 is 2.65 bits per heavy atom. The quantitative estimate of drug-likeness (QED) is 0.646. The third kappa shape index (κ3) is 6.81. The molecule has 1 aromatic heterocycles. The van der Waals surface area contributed by atoms with Crippen LogP contribution in [-0.2, 0) is 6.42 Å². The van der Waals surface area contributed by atoms with E-state index in [1.54, 1.807) is 0 Å². The summed E-state index contributed by atoms with van der Waals surface area (Å²) in [7, 11) is 0. The smallest absolute Gasteiger partial charge is 0.0107 e. The fourth-order valence-electron chi connectivity index (χ4n) is 1.91. The second kappa shape index (κ2) is 9.63. The summed E-state index contributed by atoms with van der Waals surface area (Å²) in [6.45, 7) is 10.2. The second-order valence-electron chi connectivity index (χ2n) is 4.31. The Bertz CT molecular complexity index is 255. The lowest BCUT2D eigenvalue weighted by molar-refractivity contribution is 0.302. The highest BCUT2D eigenvalue weighted by atomic mass is 32.1. The maximum atomic E-state index is 3.53. The van der Waals surface area contributed by atoms with Gasteiger partial charge in [-0.1, -0.05) is 19.9 Å². The number of unbranched alkanes of at least 4 members (excludes halogenated alkanes) is 1. The molecular weight excluding hydrogens is 228 g/mol. The molecule has 98 valence electrons. The Hall–Kier alpha value is -0.380. The number of hydrogen-bond acceptors (Lipinski definition) is 3. The number of hydrogen-bond donors (Lipinski definition) is 1. The van der Waals surface area contributed by atoms with Crippen molar-refractivity contribution < 1.29 is 0 Å². The van der Waals surface area contributed by atoms with Gasteiger partial charge in [-0.25, -0.2) is 0 Å². The van der Waals surface area contributed by atoms with Crippen molar-refractivity contribution in [1.82, 2.24) is 10.2 Å². The first-order valence-electron chi connectivity index (χ1n) is 6.82. The summed E-state index contributed by atoms with van der Waals surface area (Å²) < 4.78 is 0. The zero-order valence-corrected chi connectivity index (χ0v) is 12.1. The van der Waals surface area contributed by atoms with Crippen LogP contribution < -0.4 is 5.32 Å². The van der Waals surface area contributed by atoms with Gasteiger partial charge in [0.1, 0.15) is 0 Å². The molecule has 0 aliphatic heterocycles. The molecule has 17 heavy (non-hydrogen) atoms. The molecule has 3 heteroatoms. The zero-order chi connectivity index (χ0) is 12.3. The zero-order valence-electron chi connectivity index (χ0n) is 11.2. The molecule has 0 atom stereocenters. The molecule has 1 rings (SSSR count). The van der Waals surface area contributed by atoms with Gasteiger partial charge >= 0.3 is 0 Å². The minimum Gasteiger partial charge on any atom is -0.315 e. The molecule has 1 aromatic rings. The minimum atomic E-state index is 1.13. The van der Waals surface area contributed by atoms with E-state index < -0.39 is 0 Å². The van der Waals surface area contributed by atoms with Gasteiger partial charge in [-0.3, -0.25) is 0 Å². The van der Waals surface area contributed by atoms with Crippen molar-refractivity contribution in [2.75, 3.05) is 32.7 Å². The van der Waals surface area contributed by atoms with Crippen molar-refractivity contribution in [1.29, 1.82) is 0 Å². The fraction of sp³-hybridized carbons (Fsp3) is 0.714. The van der Waals surface area contributed by atoms with E-state index in [1.165, 1.54) is 30.7 Å². The highest BCUT2D eigenvalue weighted by Gasteiger charge is 1.97. The molecule has 0 fully saturated rings. The molecule has 0 spiro atoms. The second-order valence-corrected chi connectivity index (χ2v) is 5.35. The van der Waals surface area contributed by atoms with Crippen LogP contribution in [0.15, 0.2) is 17.5 Å². The molecule has 0 aliphatic rings. The maximum Gasteiger partial charge on any atom is 0.0107 e. The normalized spacial score (nSPS) is 11.2. The summed E-state index contributed by atoms with van der Waals surface area (Å²) in [4.78, 5) is 3.98. The van der Waals surface area contributed by atoms with E-state index in [0.717, 1.165) is 26.2 Å². The van der Waals surface area contributed by atoms with Crippen molar-refractivity contribution >= 4 is 11.3 Å². The van der Waals surface area contributed by atoms with Gasteiger partial charge in [-0.2, -0.15) is 0 Å². The molecule has 0 aromatic carbocycles. The van der Waals surface area contributed by atoms with E-state index in [1.807, 2.05) is 11.3 Å². The Kier molecular flexibility index (Phi) is 8.32. The first-order chi connectivity index (χ1) is 8.36. The van der Waals surface area contributed by atoms with Crippen LogP contribution in [0.2, 0.25) is 0 Å². The van der Waals surface area contributed by atoms with Gasteiger partial charge in [0.05, 0.1) is 0 Å². The topological polar surface area (TPSA) is 15.3 Å². The highest BCUT2D eigenvalue weighted by molar-refractivity contribution is 7.09. The molecule has 0 radical (unpaired) electrons. The molecular formula is C14H26N2S. The predicted octanol–water partition coefficient (Wildman–Crippen LogP) is 3.00.